The molecule has 1 aliphatic heterocycles. The maximum absolute atomic E-state index is 13.9. The number of carbonyl (C=O) groups is 1. The van der Waals surface area contributed by atoms with Crippen molar-refractivity contribution in [2.75, 3.05) is 0 Å². The number of carbonyl (C=O) groups excluding carboxylic acids is 1. The first-order valence-corrected chi connectivity index (χ1v) is 9.05. The van der Waals surface area contributed by atoms with Crippen LogP contribution in [0.4, 0.5) is 13.2 Å². The summed E-state index contributed by atoms with van der Waals surface area (Å²) in [7, 11) is 0. The quantitative estimate of drug-likeness (QED) is 0.511. The van der Waals surface area contributed by atoms with Crippen LogP contribution in [0.5, 0.6) is 0 Å². The normalized spacial score (nSPS) is 25.0. The zero-order valence-electron chi connectivity index (χ0n) is 14.5. The molecule has 3 atom stereocenters. The summed E-state index contributed by atoms with van der Waals surface area (Å²) in [4.78, 5) is 13.1. The molecule has 0 aromatic heterocycles. The van der Waals surface area contributed by atoms with E-state index < -0.39 is 34.8 Å². The summed E-state index contributed by atoms with van der Waals surface area (Å²) < 4.78 is 41.6. The molecule has 1 heterocycles. The van der Waals surface area contributed by atoms with Crippen LogP contribution in [0.3, 0.4) is 0 Å². The highest BCUT2D eigenvalue weighted by atomic mass is 35.5. The monoisotopic (exact) mass is 428 g/mol. The molecule has 1 fully saturated rings. The highest BCUT2D eigenvalue weighted by molar-refractivity contribution is 7.80. The molecule has 148 valence electrons. The van der Waals surface area contributed by atoms with Gasteiger partial charge in [0.05, 0.1) is 6.04 Å². The van der Waals surface area contributed by atoms with E-state index >= 15 is 0 Å². The number of aryl methyl sites for hydroxylation is 1. The van der Waals surface area contributed by atoms with Crippen LogP contribution in [-0.2, 0) is 0 Å². The highest BCUT2D eigenvalue weighted by Gasteiger charge is 2.65. The van der Waals surface area contributed by atoms with Crippen LogP contribution in [0.2, 0.25) is 5.02 Å². The first-order valence-electron chi connectivity index (χ1n) is 8.27. The Kier molecular flexibility index (Phi) is 5.40. The molecule has 2 aromatic rings. The van der Waals surface area contributed by atoms with E-state index in [0.717, 1.165) is 5.56 Å². The van der Waals surface area contributed by atoms with E-state index in [1.54, 1.807) is 19.1 Å². The van der Waals surface area contributed by atoms with Gasteiger partial charge in [-0.1, -0.05) is 53.6 Å². The lowest BCUT2D eigenvalue weighted by Crippen LogP contribution is -2.72. The van der Waals surface area contributed by atoms with Gasteiger partial charge in [0.25, 0.3) is 0 Å². The number of alkyl halides is 3. The molecular weight excluding hydrogens is 413 g/mol. The maximum Gasteiger partial charge on any atom is 0.437 e. The highest BCUT2D eigenvalue weighted by Crippen LogP contribution is 2.44. The smallest absolute Gasteiger partial charge is 0.363 e. The summed E-state index contributed by atoms with van der Waals surface area (Å²) in [6.45, 7) is 1.79. The molecule has 0 amide bonds. The molecule has 3 N–H and O–H groups in total. The molecule has 2 aromatic carbocycles. The SMILES string of the molecule is Cc1ccc(C(=O)[C@@H]2[C@H](c3ccc(Cl)cc3)NC(=S)N[C@@]2(O)C(F)(F)F)cc1. The Balaban J connectivity index is 2.15. The predicted molar refractivity (Wildman–Crippen MR) is 103 cm³/mol. The molecule has 0 aliphatic carbocycles. The van der Waals surface area contributed by atoms with E-state index in [0.29, 0.717) is 10.6 Å². The molecule has 1 aliphatic rings. The molecule has 28 heavy (non-hydrogen) atoms. The van der Waals surface area contributed by atoms with E-state index in [4.69, 9.17) is 23.8 Å². The van der Waals surface area contributed by atoms with Crippen molar-refractivity contribution in [1.29, 1.82) is 0 Å². The van der Waals surface area contributed by atoms with Gasteiger partial charge < -0.3 is 15.7 Å². The van der Waals surface area contributed by atoms with Crippen LogP contribution in [0.15, 0.2) is 48.5 Å². The lowest BCUT2D eigenvalue weighted by Gasteiger charge is -2.46. The van der Waals surface area contributed by atoms with Gasteiger partial charge in [-0.15, -0.1) is 0 Å². The number of rotatable bonds is 3. The van der Waals surface area contributed by atoms with E-state index in [1.165, 1.54) is 36.4 Å². The Morgan fingerprint density at radius 1 is 1.14 bits per heavy atom. The average molecular weight is 429 g/mol. The fourth-order valence-corrected chi connectivity index (χ4v) is 3.59. The lowest BCUT2D eigenvalue weighted by atomic mass is 9.77. The van der Waals surface area contributed by atoms with E-state index in [1.807, 2.05) is 5.32 Å². The molecule has 0 unspecified atom stereocenters. The standard InChI is InChI=1S/C19H16ClF3N2O2S/c1-10-2-4-12(5-3-10)16(26)14-15(11-6-8-13(20)9-7-11)24-17(28)25-18(14,27)19(21,22)23/h2-9,14-15,27H,1H3,(H2,24,25,28)/t14-,15-,18-/m0/s1. The van der Waals surface area contributed by atoms with Gasteiger partial charge in [0, 0.05) is 10.6 Å². The van der Waals surface area contributed by atoms with Crippen LogP contribution >= 0.6 is 23.8 Å². The van der Waals surface area contributed by atoms with Crippen LogP contribution < -0.4 is 10.6 Å². The fraction of sp³-hybridized carbons (Fsp3) is 0.263. The molecule has 1 saturated heterocycles. The van der Waals surface area contributed by atoms with Crippen molar-refractivity contribution in [3.63, 3.8) is 0 Å². The van der Waals surface area contributed by atoms with Crippen molar-refractivity contribution in [1.82, 2.24) is 10.6 Å². The number of thiocarbonyl (C=S) groups is 1. The van der Waals surface area contributed by atoms with E-state index in [9.17, 15) is 23.1 Å². The van der Waals surface area contributed by atoms with Crippen molar-refractivity contribution >= 4 is 34.7 Å². The Hall–Kier alpha value is -2.16. The van der Waals surface area contributed by atoms with Crippen LogP contribution in [0.1, 0.15) is 27.5 Å². The minimum absolute atomic E-state index is 0.0497. The first kappa shape index (κ1) is 20.6. The summed E-state index contributed by atoms with van der Waals surface area (Å²) >= 11 is 10.7. The molecule has 4 nitrogen and oxygen atoms in total. The van der Waals surface area contributed by atoms with Crippen molar-refractivity contribution < 1.29 is 23.1 Å². The van der Waals surface area contributed by atoms with Gasteiger partial charge >= 0.3 is 6.18 Å². The van der Waals surface area contributed by atoms with Gasteiger partial charge in [-0.05, 0) is 36.8 Å². The Labute approximate surface area is 169 Å². The summed E-state index contributed by atoms with van der Waals surface area (Å²) in [5.41, 5.74) is -2.31. The summed E-state index contributed by atoms with van der Waals surface area (Å²) in [6.07, 6.45) is -5.16. The van der Waals surface area contributed by atoms with Crippen LogP contribution in [0.25, 0.3) is 0 Å². The Bertz CT molecular complexity index is 903. The van der Waals surface area contributed by atoms with E-state index in [2.05, 4.69) is 5.32 Å². The Morgan fingerprint density at radius 2 is 1.71 bits per heavy atom. The first-order chi connectivity index (χ1) is 13.0. The third-order valence-electron chi connectivity index (χ3n) is 4.65. The molecule has 0 saturated carbocycles. The maximum atomic E-state index is 13.9. The number of aliphatic hydroxyl groups is 1. The second-order valence-corrected chi connectivity index (χ2v) is 7.44. The van der Waals surface area contributed by atoms with Crippen molar-refractivity contribution in [2.24, 2.45) is 5.92 Å². The second kappa shape index (κ2) is 7.35. The van der Waals surface area contributed by atoms with Crippen molar-refractivity contribution in [3.8, 4) is 0 Å². The average Bonchev–Trinajstić information content (AvgIpc) is 2.61. The van der Waals surface area contributed by atoms with Crippen LogP contribution in [0, 0.1) is 12.8 Å². The van der Waals surface area contributed by atoms with Gasteiger partial charge in [-0.2, -0.15) is 13.2 Å². The third kappa shape index (κ3) is 3.72. The largest absolute Gasteiger partial charge is 0.437 e. The van der Waals surface area contributed by atoms with Crippen molar-refractivity contribution in [3.05, 3.63) is 70.2 Å². The van der Waals surface area contributed by atoms with Gasteiger partial charge in [-0.25, -0.2) is 0 Å². The molecule has 0 bridgehead atoms. The zero-order chi connectivity index (χ0) is 20.7. The van der Waals surface area contributed by atoms with Gasteiger partial charge in [-0.3, -0.25) is 4.79 Å². The molecule has 0 radical (unpaired) electrons. The minimum atomic E-state index is -5.16. The summed E-state index contributed by atoms with van der Waals surface area (Å²) in [6, 6.07) is 10.8. The third-order valence-corrected chi connectivity index (χ3v) is 5.13. The number of hydrogen-bond donors (Lipinski definition) is 3. The fourth-order valence-electron chi connectivity index (χ4n) is 3.18. The second-order valence-electron chi connectivity index (χ2n) is 6.60. The zero-order valence-corrected chi connectivity index (χ0v) is 16.1. The van der Waals surface area contributed by atoms with Crippen LogP contribution in [-0.4, -0.2) is 27.9 Å². The summed E-state index contributed by atoms with van der Waals surface area (Å²) in [5.74, 6) is -2.80. The van der Waals surface area contributed by atoms with E-state index in [-0.39, 0.29) is 5.56 Å². The molecule has 3 rings (SSSR count). The molecular formula is C19H16ClF3N2O2S. The topological polar surface area (TPSA) is 61.4 Å². The Morgan fingerprint density at radius 3 is 2.25 bits per heavy atom. The number of ketones is 1. The van der Waals surface area contributed by atoms with Gasteiger partial charge in [0.1, 0.15) is 5.92 Å². The number of Topliss-reactive ketones (excluding diaryl/α,β-unsaturated/α-hetero) is 1. The van der Waals surface area contributed by atoms with Crippen molar-refractivity contribution in [2.45, 2.75) is 24.9 Å². The molecule has 0 spiro atoms. The molecule has 9 heteroatoms. The van der Waals surface area contributed by atoms with Gasteiger partial charge in [0.15, 0.2) is 10.9 Å². The summed E-state index contributed by atoms with van der Waals surface area (Å²) in [5, 5.41) is 15.1. The minimum Gasteiger partial charge on any atom is -0.363 e. The van der Waals surface area contributed by atoms with Gasteiger partial charge in [0.2, 0.25) is 5.72 Å². The number of hydrogen-bond acceptors (Lipinski definition) is 3. The number of nitrogens with one attached hydrogen (secondary N) is 2. The predicted octanol–water partition coefficient (Wildman–Crippen LogP) is 3.92. The number of benzene rings is 2. The number of halogens is 4. The lowest BCUT2D eigenvalue weighted by molar-refractivity contribution is -0.285.